The molecule has 0 radical (unpaired) electrons. The Bertz CT molecular complexity index is 457. The average molecular weight is 264 g/mol. The third-order valence-corrected chi connectivity index (χ3v) is 3.25. The van der Waals surface area contributed by atoms with Crippen molar-refractivity contribution >= 4 is 5.91 Å². The van der Waals surface area contributed by atoms with E-state index >= 15 is 0 Å². The van der Waals surface area contributed by atoms with E-state index in [4.69, 9.17) is 10.5 Å². The topological polar surface area (TPSA) is 64.3 Å². The van der Waals surface area contributed by atoms with Crippen LogP contribution in [-0.2, 0) is 10.3 Å². The smallest absolute Gasteiger partial charge is 0.242 e. The molecule has 0 aliphatic rings. The maximum atomic E-state index is 11.9. The highest BCUT2D eigenvalue weighted by Gasteiger charge is 2.35. The summed E-state index contributed by atoms with van der Waals surface area (Å²) in [7, 11) is 1.60. The van der Waals surface area contributed by atoms with E-state index in [2.05, 4.69) is 19.2 Å². The SMILES string of the molecule is COc1ccc(C)cc1C(C)(NCC(C)C)C(N)=O. The van der Waals surface area contributed by atoms with Gasteiger partial charge in [0, 0.05) is 5.56 Å². The number of nitrogens with two attached hydrogens (primary N) is 1. The quantitative estimate of drug-likeness (QED) is 0.825. The monoisotopic (exact) mass is 264 g/mol. The van der Waals surface area contributed by atoms with E-state index in [-0.39, 0.29) is 0 Å². The maximum Gasteiger partial charge on any atom is 0.242 e. The highest BCUT2D eigenvalue weighted by molar-refractivity contribution is 5.86. The molecule has 4 heteroatoms. The molecule has 0 aliphatic heterocycles. The molecule has 0 fully saturated rings. The Morgan fingerprint density at radius 2 is 2.11 bits per heavy atom. The average Bonchev–Trinajstić information content (AvgIpc) is 2.35. The molecule has 0 bridgehead atoms. The van der Waals surface area contributed by atoms with E-state index in [1.54, 1.807) is 14.0 Å². The molecule has 4 nitrogen and oxygen atoms in total. The van der Waals surface area contributed by atoms with Gasteiger partial charge in [0.2, 0.25) is 5.91 Å². The summed E-state index contributed by atoms with van der Waals surface area (Å²) in [5.41, 5.74) is 6.52. The normalized spacial score (nSPS) is 14.2. The lowest BCUT2D eigenvalue weighted by atomic mass is 9.88. The van der Waals surface area contributed by atoms with Crippen LogP contribution >= 0.6 is 0 Å². The van der Waals surface area contributed by atoms with Crippen molar-refractivity contribution in [2.75, 3.05) is 13.7 Å². The van der Waals surface area contributed by atoms with Crippen molar-refractivity contribution in [3.8, 4) is 5.75 Å². The number of hydrogen-bond acceptors (Lipinski definition) is 3. The molecule has 0 saturated heterocycles. The molecule has 0 spiro atoms. The van der Waals surface area contributed by atoms with Crippen molar-refractivity contribution in [1.82, 2.24) is 5.32 Å². The van der Waals surface area contributed by atoms with Crippen molar-refractivity contribution in [3.63, 3.8) is 0 Å². The lowest BCUT2D eigenvalue weighted by Crippen LogP contribution is -2.51. The Balaban J connectivity index is 3.25. The molecule has 0 aliphatic carbocycles. The Kier molecular flexibility index (Phi) is 4.95. The Hall–Kier alpha value is -1.55. The van der Waals surface area contributed by atoms with Gasteiger partial charge in [0.05, 0.1) is 7.11 Å². The fourth-order valence-corrected chi connectivity index (χ4v) is 1.94. The number of hydrogen-bond donors (Lipinski definition) is 2. The van der Waals surface area contributed by atoms with Gasteiger partial charge in [-0.3, -0.25) is 10.1 Å². The van der Waals surface area contributed by atoms with Crippen molar-refractivity contribution in [2.24, 2.45) is 11.7 Å². The number of carbonyl (C=O) groups is 1. The third-order valence-electron chi connectivity index (χ3n) is 3.25. The fourth-order valence-electron chi connectivity index (χ4n) is 1.94. The Labute approximate surface area is 115 Å². The first kappa shape index (κ1) is 15.5. The van der Waals surface area contributed by atoms with Gasteiger partial charge in [-0.05, 0) is 38.4 Å². The summed E-state index contributed by atoms with van der Waals surface area (Å²) in [5, 5.41) is 3.26. The fraction of sp³-hybridized carbons (Fsp3) is 0.533. The summed E-state index contributed by atoms with van der Waals surface area (Å²) in [6.07, 6.45) is 0. The van der Waals surface area contributed by atoms with Gasteiger partial charge in [-0.1, -0.05) is 25.5 Å². The largest absolute Gasteiger partial charge is 0.496 e. The van der Waals surface area contributed by atoms with Crippen LogP contribution in [0.15, 0.2) is 18.2 Å². The van der Waals surface area contributed by atoms with Crippen molar-refractivity contribution < 1.29 is 9.53 Å². The van der Waals surface area contributed by atoms with Crippen LogP contribution in [0.25, 0.3) is 0 Å². The number of rotatable bonds is 6. The van der Waals surface area contributed by atoms with Crippen LogP contribution in [0.4, 0.5) is 0 Å². The zero-order valence-corrected chi connectivity index (χ0v) is 12.4. The first-order chi connectivity index (χ1) is 8.81. The van der Waals surface area contributed by atoms with E-state index in [0.717, 1.165) is 11.1 Å². The molecule has 0 saturated carbocycles. The predicted octanol–water partition coefficient (Wildman–Crippen LogP) is 1.95. The molecule has 106 valence electrons. The highest BCUT2D eigenvalue weighted by Crippen LogP contribution is 2.31. The minimum atomic E-state index is -0.929. The Morgan fingerprint density at radius 3 is 2.58 bits per heavy atom. The van der Waals surface area contributed by atoms with Gasteiger partial charge in [0.1, 0.15) is 11.3 Å². The number of ether oxygens (including phenoxy) is 1. The van der Waals surface area contributed by atoms with Gasteiger partial charge >= 0.3 is 0 Å². The highest BCUT2D eigenvalue weighted by atomic mass is 16.5. The molecule has 1 rings (SSSR count). The predicted molar refractivity (Wildman–Crippen MR) is 77.1 cm³/mol. The van der Waals surface area contributed by atoms with E-state index in [0.29, 0.717) is 18.2 Å². The van der Waals surface area contributed by atoms with E-state index in [1.165, 1.54) is 0 Å². The summed E-state index contributed by atoms with van der Waals surface area (Å²) in [4.78, 5) is 11.9. The van der Waals surface area contributed by atoms with Gasteiger partial charge in [-0.15, -0.1) is 0 Å². The number of primary amides is 1. The van der Waals surface area contributed by atoms with Gasteiger partial charge in [0.25, 0.3) is 0 Å². The number of nitrogens with one attached hydrogen (secondary N) is 1. The van der Waals surface area contributed by atoms with Crippen LogP contribution in [0, 0.1) is 12.8 Å². The van der Waals surface area contributed by atoms with Crippen molar-refractivity contribution in [2.45, 2.75) is 33.2 Å². The van der Waals surface area contributed by atoms with E-state index in [1.807, 2.05) is 25.1 Å². The lowest BCUT2D eigenvalue weighted by molar-refractivity contribution is -0.124. The standard InChI is InChI=1S/C15H24N2O2/c1-10(2)9-17-15(4,14(16)18)12-8-11(3)6-7-13(12)19-5/h6-8,10,17H,9H2,1-5H3,(H2,16,18). The van der Waals surface area contributed by atoms with Gasteiger partial charge in [0.15, 0.2) is 0 Å². The molecule has 1 amide bonds. The number of aryl methyl sites for hydroxylation is 1. The molecular formula is C15H24N2O2. The van der Waals surface area contributed by atoms with Crippen LogP contribution < -0.4 is 15.8 Å². The summed E-state index contributed by atoms with van der Waals surface area (Å²) in [6.45, 7) is 8.65. The van der Waals surface area contributed by atoms with Crippen LogP contribution in [0.1, 0.15) is 31.9 Å². The minimum Gasteiger partial charge on any atom is -0.496 e. The molecule has 1 atom stereocenters. The molecule has 1 unspecified atom stereocenters. The molecule has 0 heterocycles. The molecule has 0 aromatic heterocycles. The summed E-state index contributed by atoms with van der Waals surface area (Å²) >= 11 is 0. The second-order valence-corrected chi connectivity index (χ2v) is 5.47. The number of amides is 1. The lowest BCUT2D eigenvalue weighted by Gasteiger charge is -2.30. The van der Waals surface area contributed by atoms with Crippen molar-refractivity contribution in [1.29, 1.82) is 0 Å². The summed E-state index contributed by atoms with van der Waals surface area (Å²) in [5.74, 6) is 0.690. The van der Waals surface area contributed by atoms with Crippen LogP contribution in [-0.4, -0.2) is 19.6 Å². The van der Waals surface area contributed by atoms with Gasteiger partial charge < -0.3 is 10.5 Å². The molecule has 3 N–H and O–H groups in total. The van der Waals surface area contributed by atoms with Gasteiger partial charge in [-0.25, -0.2) is 0 Å². The van der Waals surface area contributed by atoms with Crippen LogP contribution in [0.5, 0.6) is 5.75 Å². The first-order valence-corrected chi connectivity index (χ1v) is 6.51. The van der Waals surface area contributed by atoms with Crippen molar-refractivity contribution in [3.05, 3.63) is 29.3 Å². The maximum absolute atomic E-state index is 11.9. The number of benzene rings is 1. The second kappa shape index (κ2) is 6.06. The molecule has 19 heavy (non-hydrogen) atoms. The van der Waals surface area contributed by atoms with E-state index < -0.39 is 11.4 Å². The molecule has 1 aromatic carbocycles. The Morgan fingerprint density at radius 1 is 1.47 bits per heavy atom. The van der Waals surface area contributed by atoms with Gasteiger partial charge in [-0.2, -0.15) is 0 Å². The first-order valence-electron chi connectivity index (χ1n) is 6.51. The zero-order valence-electron chi connectivity index (χ0n) is 12.4. The zero-order chi connectivity index (χ0) is 14.6. The van der Waals surface area contributed by atoms with E-state index in [9.17, 15) is 4.79 Å². The van der Waals surface area contributed by atoms with Crippen LogP contribution in [0.3, 0.4) is 0 Å². The number of carbonyl (C=O) groups excluding carboxylic acids is 1. The third kappa shape index (κ3) is 3.47. The molecule has 1 aromatic rings. The minimum absolute atomic E-state index is 0.406. The molecular weight excluding hydrogens is 240 g/mol. The summed E-state index contributed by atoms with van der Waals surface area (Å²) in [6, 6.07) is 5.76. The second-order valence-electron chi connectivity index (χ2n) is 5.47. The summed E-state index contributed by atoms with van der Waals surface area (Å²) < 4.78 is 5.36. The van der Waals surface area contributed by atoms with Crippen LogP contribution in [0.2, 0.25) is 0 Å². The number of methoxy groups -OCH3 is 1.